The van der Waals surface area contributed by atoms with Gasteiger partial charge < -0.3 is 10.1 Å². The third-order valence-electron chi connectivity index (χ3n) is 3.58. The van der Waals surface area contributed by atoms with Crippen molar-refractivity contribution < 1.29 is 4.74 Å². The summed E-state index contributed by atoms with van der Waals surface area (Å²) in [4.78, 5) is 8.64. The summed E-state index contributed by atoms with van der Waals surface area (Å²) in [6.07, 6.45) is 2.02. The monoisotopic (exact) mass is 303 g/mol. The molecule has 3 rings (SSSR count). The van der Waals surface area contributed by atoms with E-state index in [9.17, 15) is 0 Å². The lowest BCUT2D eigenvalue weighted by Gasteiger charge is -2.13. The van der Waals surface area contributed by atoms with Crippen LogP contribution in [0.4, 0.5) is 5.82 Å². The fourth-order valence-corrected chi connectivity index (χ4v) is 2.87. The van der Waals surface area contributed by atoms with Gasteiger partial charge in [0, 0.05) is 18.7 Å². The molecule has 4 nitrogen and oxygen atoms in total. The molecular formula is C16H18ClN3O. The van der Waals surface area contributed by atoms with Gasteiger partial charge in [-0.25, -0.2) is 9.97 Å². The van der Waals surface area contributed by atoms with Crippen LogP contribution >= 0.6 is 11.6 Å². The van der Waals surface area contributed by atoms with Crippen molar-refractivity contribution >= 4 is 17.4 Å². The molecule has 1 heterocycles. The molecule has 2 aromatic rings. The number of fused-ring (bicyclic) bond motifs is 1. The van der Waals surface area contributed by atoms with Gasteiger partial charge in [-0.3, -0.25) is 0 Å². The van der Waals surface area contributed by atoms with Crippen LogP contribution in [0.3, 0.4) is 0 Å². The van der Waals surface area contributed by atoms with Gasteiger partial charge in [-0.2, -0.15) is 0 Å². The van der Waals surface area contributed by atoms with Gasteiger partial charge in [0.25, 0.3) is 0 Å². The number of anilines is 1. The highest BCUT2D eigenvalue weighted by molar-refractivity contribution is 6.29. The zero-order chi connectivity index (χ0) is 14.7. The lowest BCUT2D eigenvalue weighted by atomic mass is 10.1. The molecule has 1 aromatic carbocycles. The Bertz CT molecular complexity index is 608. The van der Waals surface area contributed by atoms with E-state index in [4.69, 9.17) is 16.3 Å². The first kappa shape index (κ1) is 14.3. The highest BCUT2D eigenvalue weighted by Crippen LogP contribution is 2.24. The van der Waals surface area contributed by atoms with E-state index in [-0.39, 0.29) is 0 Å². The van der Waals surface area contributed by atoms with Crippen LogP contribution in [0.5, 0.6) is 0 Å². The zero-order valence-electron chi connectivity index (χ0n) is 12.0. The molecule has 0 bridgehead atoms. The van der Waals surface area contributed by atoms with Crippen molar-refractivity contribution in [2.24, 2.45) is 0 Å². The zero-order valence-corrected chi connectivity index (χ0v) is 12.7. The molecule has 21 heavy (non-hydrogen) atoms. The van der Waals surface area contributed by atoms with Crippen molar-refractivity contribution in [2.75, 3.05) is 11.9 Å². The molecule has 0 radical (unpaired) electrons. The first-order valence-corrected chi connectivity index (χ1v) is 7.57. The lowest BCUT2D eigenvalue weighted by molar-refractivity contribution is 0.128. The van der Waals surface area contributed by atoms with Gasteiger partial charge in [0.05, 0.1) is 0 Å². The van der Waals surface area contributed by atoms with Crippen molar-refractivity contribution in [3.8, 4) is 0 Å². The lowest BCUT2D eigenvalue weighted by Crippen LogP contribution is -2.20. The number of aromatic nitrogens is 2. The van der Waals surface area contributed by atoms with Crippen molar-refractivity contribution in [1.82, 2.24) is 9.97 Å². The first-order chi connectivity index (χ1) is 10.2. The van der Waals surface area contributed by atoms with Gasteiger partial charge in [-0.05, 0) is 30.9 Å². The predicted molar refractivity (Wildman–Crippen MR) is 83.6 cm³/mol. The highest BCUT2D eigenvalue weighted by Gasteiger charge is 2.21. The van der Waals surface area contributed by atoms with Gasteiger partial charge in [-0.15, -0.1) is 0 Å². The van der Waals surface area contributed by atoms with Crippen LogP contribution in [0.1, 0.15) is 23.9 Å². The van der Waals surface area contributed by atoms with Crippen molar-refractivity contribution in [1.29, 1.82) is 0 Å². The summed E-state index contributed by atoms with van der Waals surface area (Å²) in [5.41, 5.74) is 2.81. The predicted octanol–water partition coefficient (Wildman–Crippen LogP) is 3.25. The molecule has 1 aromatic heterocycles. The Morgan fingerprint density at radius 1 is 1.24 bits per heavy atom. The van der Waals surface area contributed by atoms with E-state index in [1.165, 1.54) is 11.1 Å². The fourth-order valence-electron chi connectivity index (χ4n) is 2.67. The largest absolute Gasteiger partial charge is 0.374 e. The number of nitrogens with zero attached hydrogens (tertiary/aromatic N) is 2. The van der Waals surface area contributed by atoms with Crippen LogP contribution in [-0.2, 0) is 24.2 Å². The van der Waals surface area contributed by atoms with E-state index < -0.39 is 0 Å². The Kier molecular flexibility index (Phi) is 4.36. The molecule has 0 saturated carbocycles. The van der Waals surface area contributed by atoms with Crippen LogP contribution in [-0.4, -0.2) is 22.6 Å². The Balaban J connectivity index is 1.70. The summed E-state index contributed by atoms with van der Waals surface area (Å²) < 4.78 is 5.34. The normalized spacial score (nSPS) is 14.2. The topological polar surface area (TPSA) is 47.0 Å². The smallest absolute Gasteiger partial charge is 0.158 e. The van der Waals surface area contributed by atoms with Gasteiger partial charge in [0.2, 0.25) is 0 Å². The number of nitrogens with one attached hydrogen (secondary N) is 1. The molecule has 0 spiro atoms. The second-order valence-corrected chi connectivity index (χ2v) is 5.53. The quantitative estimate of drug-likeness (QED) is 0.861. The second kappa shape index (κ2) is 6.41. The van der Waals surface area contributed by atoms with E-state index in [0.29, 0.717) is 30.2 Å². The summed E-state index contributed by atoms with van der Waals surface area (Å²) in [6.45, 7) is 2.96. The Morgan fingerprint density at radius 3 is 2.62 bits per heavy atom. The molecule has 0 fully saturated rings. The van der Waals surface area contributed by atoms with E-state index in [1.54, 1.807) is 6.07 Å². The summed E-state index contributed by atoms with van der Waals surface area (Å²) in [6, 6.07) is 10.7. The average molecular weight is 304 g/mol. The SMILES string of the molecule is CCOCc1nc(Cl)cc(NC2Cc3ccccc3C2)n1. The van der Waals surface area contributed by atoms with Crippen molar-refractivity contribution in [3.63, 3.8) is 0 Å². The molecule has 0 saturated heterocycles. The minimum absolute atomic E-state index is 0.355. The summed E-state index contributed by atoms with van der Waals surface area (Å²) >= 11 is 6.06. The molecular weight excluding hydrogens is 286 g/mol. The average Bonchev–Trinajstić information content (AvgIpc) is 2.86. The third kappa shape index (κ3) is 3.52. The van der Waals surface area contributed by atoms with Crippen LogP contribution < -0.4 is 5.32 Å². The molecule has 0 atom stereocenters. The van der Waals surface area contributed by atoms with Crippen molar-refractivity contribution in [2.45, 2.75) is 32.4 Å². The molecule has 1 aliphatic rings. The van der Waals surface area contributed by atoms with Crippen LogP contribution in [0, 0.1) is 0 Å². The van der Waals surface area contributed by atoms with E-state index >= 15 is 0 Å². The van der Waals surface area contributed by atoms with Crippen molar-refractivity contribution in [3.05, 3.63) is 52.4 Å². The Labute approximate surface area is 129 Å². The number of benzene rings is 1. The molecule has 110 valence electrons. The summed E-state index contributed by atoms with van der Waals surface area (Å²) in [5.74, 6) is 1.38. The Morgan fingerprint density at radius 2 is 1.95 bits per heavy atom. The molecule has 5 heteroatoms. The standard InChI is InChI=1S/C16H18ClN3O/c1-2-21-10-16-19-14(17)9-15(20-16)18-13-7-11-5-3-4-6-12(11)8-13/h3-6,9,13H,2,7-8,10H2,1H3,(H,18,19,20). The van der Waals surface area contributed by atoms with Crippen LogP contribution in [0.15, 0.2) is 30.3 Å². The number of ether oxygens (including phenoxy) is 1. The minimum Gasteiger partial charge on any atom is -0.374 e. The fraction of sp³-hybridized carbons (Fsp3) is 0.375. The molecule has 1 aliphatic carbocycles. The van der Waals surface area contributed by atoms with Gasteiger partial charge >= 0.3 is 0 Å². The van der Waals surface area contributed by atoms with E-state index in [2.05, 4.69) is 39.6 Å². The minimum atomic E-state index is 0.355. The molecule has 1 N–H and O–H groups in total. The number of rotatable bonds is 5. The first-order valence-electron chi connectivity index (χ1n) is 7.19. The van der Waals surface area contributed by atoms with E-state index in [1.807, 2.05) is 6.92 Å². The van der Waals surface area contributed by atoms with Crippen LogP contribution in [0.25, 0.3) is 0 Å². The van der Waals surface area contributed by atoms with Gasteiger partial charge in [-0.1, -0.05) is 35.9 Å². The second-order valence-electron chi connectivity index (χ2n) is 5.15. The van der Waals surface area contributed by atoms with Gasteiger partial charge in [0.1, 0.15) is 17.6 Å². The maximum absolute atomic E-state index is 6.06. The third-order valence-corrected chi connectivity index (χ3v) is 3.77. The number of halogens is 1. The molecule has 0 amide bonds. The number of hydrogen-bond donors (Lipinski definition) is 1. The maximum atomic E-state index is 6.06. The molecule has 0 unspecified atom stereocenters. The van der Waals surface area contributed by atoms with E-state index in [0.717, 1.165) is 18.7 Å². The van der Waals surface area contributed by atoms with Crippen LogP contribution in [0.2, 0.25) is 5.15 Å². The highest BCUT2D eigenvalue weighted by atomic mass is 35.5. The summed E-state index contributed by atoms with van der Waals surface area (Å²) in [5, 5.41) is 3.90. The maximum Gasteiger partial charge on any atom is 0.158 e. The Hall–Kier alpha value is -1.65. The molecule has 0 aliphatic heterocycles. The summed E-state index contributed by atoms with van der Waals surface area (Å²) in [7, 11) is 0. The van der Waals surface area contributed by atoms with Gasteiger partial charge in [0.15, 0.2) is 5.82 Å². The number of hydrogen-bond acceptors (Lipinski definition) is 4.